The second-order valence-corrected chi connectivity index (χ2v) is 5.70. The van der Waals surface area contributed by atoms with Crippen LogP contribution in [0, 0.1) is 0 Å². The van der Waals surface area contributed by atoms with E-state index < -0.39 is 0 Å². The third-order valence-corrected chi connectivity index (χ3v) is 3.99. The zero-order valence-electron chi connectivity index (χ0n) is 12.5. The van der Waals surface area contributed by atoms with Gasteiger partial charge in [-0.15, -0.1) is 0 Å². The molecule has 1 aliphatic rings. The summed E-state index contributed by atoms with van der Waals surface area (Å²) in [6.07, 6.45) is 2.25. The molecule has 1 saturated heterocycles. The highest BCUT2D eigenvalue weighted by Crippen LogP contribution is 2.25. The van der Waals surface area contributed by atoms with Crippen molar-refractivity contribution in [1.29, 1.82) is 0 Å². The van der Waals surface area contributed by atoms with Crippen LogP contribution in [0.5, 0.6) is 0 Å². The van der Waals surface area contributed by atoms with Gasteiger partial charge in [-0.05, 0) is 30.9 Å². The van der Waals surface area contributed by atoms with Gasteiger partial charge in [0.15, 0.2) is 0 Å². The van der Waals surface area contributed by atoms with Gasteiger partial charge in [0.1, 0.15) is 0 Å². The minimum absolute atomic E-state index is 0.0520. The molecule has 2 atom stereocenters. The first-order chi connectivity index (χ1) is 9.68. The SMILES string of the molecule is COCc1ccccc1C(CN)NCC1(C)CCCO1. The van der Waals surface area contributed by atoms with Crippen LogP contribution in [-0.4, -0.2) is 32.4 Å². The molecule has 1 aromatic rings. The molecule has 1 fully saturated rings. The molecule has 1 aliphatic heterocycles. The fourth-order valence-corrected chi connectivity index (χ4v) is 2.80. The average molecular weight is 278 g/mol. The predicted molar refractivity (Wildman–Crippen MR) is 80.5 cm³/mol. The number of ether oxygens (including phenoxy) is 2. The maximum absolute atomic E-state index is 5.95. The van der Waals surface area contributed by atoms with E-state index in [1.807, 2.05) is 12.1 Å². The predicted octanol–water partition coefficient (Wildman–Crippen LogP) is 1.99. The molecule has 0 aromatic heterocycles. The van der Waals surface area contributed by atoms with Crippen LogP contribution in [0.2, 0.25) is 0 Å². The van der Waals surface area contributed by atoms with Gasteiger partial charge in [-0.2, -0.15) is 0 Å². The minimum atomic E-state index is -0.0520. The van der Waals surface area contributed by atoms with E-state index in [1.165, 1.54) is 11.1 Å². The van der Waals surface area contributed by atoms with Gasteiger partial charge < -0.3 is 20.5 Å². The smallest absolute Gasteiger partial charge is 0.0779 e. The second-order valence-electron chi connectivity index (χ2n) is 5.70. The number of methoxy groups -OCH3 is 1. The number of hydrogen-bond donors (Lipinski definition) is 2. The van der Waals surface area contributed by atoms with Gasteiger partial charge in [0.05, 0.1) is 12.2 Å². The quantitative estimate of drug-likeness (QED) is 0.801. The Morgan fingerprint density at radius 1 is 1.45 bits per heavy atom. The first-order valence-electron chi connectivity index (χ1n) is 7.33. The summed E-state index contributed by atoms with van der Waals surface area (Å²) in [7, 11) is 1.72. The fraction of sp³-hybridized carbons (Fsp3) is 0.625. The van der Waals surface area contributed by atoms with Crippen molar-refractivity contribution >= 4 is 0 Å². The van der Waals surface area contributed by atoms with E-state index in [2.05, 4.69) is 24.4 Å². The third kappa shape index (κ3) is 3.79. The monoisotopic (exact) mass is 278 g/mol. The Morgan fingerprint density at radius 2 is 2.25 bits per heavy atom. The summed E-state index contributed by atoms with van der Waals surface area (Å²) < 4.78 is 11.1. The summed E-state index contributed by atoms with van der Waals surface area (Å²) in [5.41, 5.74) is 8.31. The van der Waals surface area contributed by atoms with Crippen LogP contribution >= 0.6 is 0 Å². The average Bonchev–Trinajstić information content (AvgIpc) is 2.89. The highest BCUT2D eigenvalue weighted by Gasteiger charge is 2.30. The molecule has 0 amide bonds. The zero-order valence-corrected chi connectivity index (χ0v) is 12.5. The summed E-state index contributed by atoms with van der Waals surface area (Å²) in [6, 6.07) is 8.44. The van der Waals surface area contributed by atoms with Gasteiger partial charge in [-0.1, -0.05) is 24.3 Å². The summed E-state index contributed by atoms with van der Waals surface area (Å²) >= 11 is 0. The first kappa shape index (κ1) is 15.4. The van der Waals surface area contributed by atoms with Gasteiger partial charge in [0.25, 0.3) is 0 Å². The lowest BCUT2D eigenvalue weighted by Crippen LogP contribution is -2.41. The maximum Gasteiger partial charge on any atom is 0.0779 e. The Hall–Kier alpha value is -0.940. The van der Waals surface area contributed by atoms with Crippen LogP contribution in [0.4, 0.5) is 0 Å². The molecule has 1 aromatic carbocycles. The first-order valence-corrected chi connectivity index (χ1v) is 7.33. The number of hydrogen-bond acceptors (Lipinski definition) is 4. The van der Waals surface area contributed by atoms with E-state index in [0.29, 0.717) is 13.2 Å². The normalized spacial score (nSPS) is 23.9. The number of rotatable bonds is 7. The molecule has 4 nitrogen and oxygen atoms in total. The molecular formula is C16H26N2O2. The molecular weight excluding hydrogens is 252 g/mol. The summed E-state index contributed by atoms with van der Waals surface area (Å²) in [5, 5.41) is 3.56. The highest BCUT2D eigenvalue weighted by molar-refractivity contribution is 5.30. The second kappa shape index (κ2) is 7.18. The van der Waals surface area contributed by atoms with Crippen molar-refractivity contribution in [2.24, 2.45) is 5.73 Å². The molecule has 20 heavy (non-hydrogen) atoms. The number of nitrogens with two attached hydrogens (primary N) is 1. The van der Waals surface area contributed by atoms with Gasteiger partial charge >= 0.3 is 0 Å². The summed E-state index contributed by atoms with van der Waals surface area (Å²) in [4.78, 5) is 0. The van der Waals surface area contributed by atoms with Crippen molar-refractivity contribution in [2.75, 3.05) is 26.8 Å². The molecule has 112 valence electrons. The lowest BCUT2D eigenvalue weighted by molar-refractivity contribution is 0.0188. The lowest BCUT2D eigenvalue weighted by Gasteiger charge is -2.28. The maximum atomic E-state index is 5.95. The molecule has 0 bridgehead atoms. The summed E-state index contributed by atoms with van der Waals surface area (Å²) in [5.74, 6) is 0. The highest BCUT2D eigenvalue weighted by atomic mass is 16.5. The Balaban J connectivity index is 2.04. The standard InChI is InChI=1S/C16H26N2O2/c1-16(8-5-9-20-16)12-18-15(10-17)14-7-4-3-6-13(14)11-19-2/h3-4,6-7,15,18H,5,8-12,17H2,1-2H3. The molecule has 0 spiro atoms. The molecule has 2 unspecified atom stereocenters. The van der Waals surface area contributed by atoms with Crippen molar-refractivity contribution < 1.29 is 9.47 Å². The van der Waals surface area contributed by atoms with Crippen molar-refractivity contribution in [3.8, 4) is 0 Å². The Morgan fingerprint density at radius 3 is 2.90 bits per heavy atom. The van der Waals surface area contributed by atoms with Crippen LogP contribution < -0.4 is 11.1 Å². The summed E-state index contributed by atoms with van der Waals surface area (Å²) in [6.45, 7) is 5.04. The fourth-order valence-electron chi connectivity index (χ4n) is 2.80. The van der Waals surface area contributed by atoms with Crippen molar-refractivity contribution in [2.45, 2.75) is 38.0 Å². The van der Waals surface area contributed by atoms with E-state index >= 15 is 0 Å². The van der Waals surface area contributed by atoms with E-state index in [-0.39, 0.29) is 11.6 Å². The van der Waals surface area contributed by atoms with Crippen LogP contribution in [-0.2, 0) is 16.1 Å². The molecule has 0 aliphatic carbocycles. The van der Waals surface area contributed by atoms with Crippen LogP contribution in [0.15, 0.2) is 24.3 Å². The Kier molecular flexibility index (Phi) is 5.54. The zero-order chi connectivity index (χ0) is 14.4. The van der Waals surface area contributed by atoms with Crippen molar-refractivity contribution in [3.63, 3.8) is 0 Å². The molecule has 3 N–H and O–H groups in total. The molecule has 2 rings (SSSR count). The molecule has 1 heterocycles. The minimum Gasteiger partial charge on any atom is -0.380 e. The van der Waals surface area contributed by atoms with Gasteiger partial charge in [0, 0.05) is 32.8 Å². The lowest BCUT2D eigenvalue weighted by atomic mass is 9.98. The van der Waals surface area contributed by atoms with Crippen LogP contribution in [0.1, 0.15) is 36.9 Å². The Bertz CT molecular complexity index is 417. The largest absolute Gasteiger partial charge is 0.380 e. The van der Waals surface area contributed by atoms with E-state index in [0.717, 1.165) is 26.0 Å². The number of benzene rings is 1. The van der Waals surface area contributed by atoms with E-state index in [1.54, 1.807) is 7.11 Å². The van der Waals surface area contributed by atoms with Crippen LogP contribution in [0.3, 0.4) is 0 Å². The van der Waals surface area contributed by atoms with E-state index in [9.17, 15) is 0 Å². The Labute approximate surface area is 121 Å². The van der Waals surface area contributed by atoms with Crippen molar-refractivity contribution in [1.82, 2.24) is 5.32 Å². The molecule has 0 saturated carbocycles. The molecule has 0 radical (unpaired) electrons. The third-order valence-electron chi connectivity index (χ3n) is 3.99. The van der Waals surface area contributed by atoms with Crippen molar-refractivity contribution in [3.05, 3.63) is 35.4 Å². The van der Waals surface area contributed by atoms with Gasteiger partial charge in [-0.25, -0.2) is 0 Å². The topological polar surface area (TPSA) is 56.5 Å². The van der Waals surface area contributed by atoms with Gasteiger partial charge in [-0.3, -0.25) is 0 Å². The van der Waals surface area contributed by atoms with E-state index in [4.69, 9.17) is 15.2 Å². The van der Waals surface area contributed by atoms with Gasteiger partial charge in [0.2, 0.25) is 0 Å². The number of nitrogens with one attached hydrogen (secondary N) is 1. The van der Waals surface area contributed by atoms with Crippen LogP contribution in [0.25, 0.3) is 0 Å². The molecule has 4 heteroatoms.